The molecule has 0 aliphatic carbocycles. The number of thiazole rings is 1. The number of nitrogens with zero attached hydrogens (tertiary/aromatic N) is 2. The van der Waals surface area contributed by atoms with Crippen molar-refractivity contribution in [3.8, 4) is 23.1 Å². The summed E-state index contributed by atoms with van der Waals surface area (Å²) in [6, 6.07) is 15.9. The van der Waals surface area contributed by atoms with Crippen LogP contribution in [0.25, 0.3) is 17.3 Å². The molecular formula is C20H15N3O3S. The van der Waals surface area contributed by atoms with Crippen molar-refractivity contribution in [3.63, 3.8) is 0 Å². The molecule has 0 aliphatic rings. The smallest absolute Gasteiger partial charge is 0.268 e. The Morgan fingerprint density at radius 3 is 2.74 bits per heavy atom. The molecule has 0 aliphatic heterocycles. The summed E-state index contributed by atoms with van der Waals surface area (Å²) in [5.74, 6) is -0.626. The number of benzene rings is 2. The Morgan fingerprint density at radius 2 is 2.04 bits per heavy atom. The van der Waals surface area contributed by atoms with Crippen LogP contribution in [0, 0.1) is 11.3 Å². The van der Waals surface area contributed by atoms with Gasteiger partial charge in [-0.25, -0.2) is 4.98 Å². The topological polar surface area (TPSA) is 106 Å². The number of aliphatic hydroxyl groups is 1. The first-order chi connectivity index (χ1) is 13.1. The van der Waals surface area contributed by atoms with Gasteiger partial charge in [-0.1, -0.05) is 36.4 Å². The molecule has 0 fully saturated rings. The number of hydrogen-bond acceptors (Lipinski definition) is 6. The van der Waals surface area contributed by atoms with Crippen LogP contribution in [-0.2, 0) is 11.4 Å². The maximum atomic E-state index is 12.4. The summed E-state index contributed by atoms with van der Waals surface area (Å²) in [6.07, 6.45) is 1.39. The highest BCUT2D eigenvalue weighted by Crippen LogP contribution is 2.25. The van der Waals surface area contributed by atoms with Crippen LogP contribution in [0.5, 0.6) is 5.75 Å². The fourth-order valence-electron chi connectivity index (χ4n) is 2.37. The molecule has 0 bridgehead atoms. The Hall–Kier alpha value is -3.47. The molecule has 1 amide bonds. The van der Waals surface area contributed by atoms with Crippen LogP contribution >= 0.6 is 11.3 Å². The second-order valence-electron chi connectivity index (χ2n) is 5.57. The number of aromatic hydroxyl groups is 1. The van der Waals surface area contributed by atoms with Gasteiger partial charge in [0.1, 0.15) is 17.4 Å². The minimum atomic E-state index is -0.579. The molecule has 3 aromatic rings. The van der Waals surface area contributed by atoms with E-state index in [1.54, 1.807) is 6.07 Å². The van der Waals surface area contributed by atoms with Crippen molar-refractivity contribution in [2.24, 2.45) is 0 Å². The van der Waals surface area contributed by atoms with E-state index in [1.807, 2.05) is 41.8 Å². The molecule has 6 nitrogen and oxygen atoms in total. The van der Waals surface area contributed by atoms with Gasteiger partial charge >= 0.3 is 0 Å². The van der Waals surface area contributed by atoms with Crippen molar-refractivity contribution in [2.45, 2.75) is 6.61 Å². The fraction of sp³-hybridized carbons (Fsp3) is 0.0500. The monoisotopic (exact) mass is 377 g/mol. The van der Waals surface area contributed by atoms with Gasteiger partial charge in [0.05, 0.1) is 12.3 Å². The lowest BCUT2D eigenvalue weighted by molar-refractivity contribution is -0.112. The first-order valence-corrected chi connectivity index (χ1v) is 8.85. The highest BCUT2D eigenvalue weighted by Gasteiger charge is 2.13. The lowest BCUT2D eigenvalue weighted by Gasteiger charge is -2.04. The van der Waals surface area contributed by atoms with Gasteiger partial charge in [-0.3, -0.25) is 10.1 Å². The predicted octanol–water partition coefficient (Wildman–Crippen LogP) is 3.55. The number of carbonyl (C=O) groups is 1. The number of aliphatic hydroxyl groups excluding tert-OH is 1. The SMILES string of the molecule is N#C/C(=C\c1ccc(O)c(CO)c1)C(=O)Nc1nc(-c2ccccc2)cs1. The molecule has 134 valence electrons. The van der Waals surface area contributed by atoms with E-state index in [0.717, 1.165) is 11.3 Å². The van der Waals surface area contributed by atoms with Gasteiger partial charge < -0.3 is 10.2 Å². The van der Waals surface area contributed by atoms with Crippen LogP contribution in [0.1, 0.15) is 11.1 Å². The number of amides is 1. The van der Waals surface area contributed by atoms with Crippen LogP contribution in [0.4, 0.5) is 5.13 Å². The normalized spacial score (nSPS) is 11.0. The summed E-state index contributed by atoms with van der Waals surface area (Å²) < 4.78 is 0. The first kappa shape index (κ1) is 18.3. The minimum Gasteiger partial charge on any atom is -0.508 e. The lowest BCUT2D eigenvalue weighted by atomic mass is 10.1. The van der Waals surface area contributed by atoms with Gasteiger partial charge in [-0.15, -0.1) is 11.3 Å². The van der Waals surface area contributed by atoms with E-state index in [-0.39, 0.29) is 17.9 Å². The van der Waals surface area contributed by atoms with Crippen LogP contribution in [0.15, 0.2) is 59.5 Å². The number of phenols is 1. The third-order valence-corrected chi connectivity index (χ3v) is 4.50. The predicted molar refractivity (Wildman–Crippen MR) is 104 cm³/mol. The van der Waals surface area contributed by atoms with Gasteiger partial charge in [0.2, 0.25) is 0 Å². The van der Waals surface area contributed by atoms with Gasteiger partial charge in [0.15, 0.2) is 5.13 Å². The molecule has 0 radical (unpaired) electrons. The van der Waals surface area contributed by atoms with Crippen LogP contribution in [0.3, 0.4) is 0 Å². The zero-order valence-corrected chi connectivity index (χ0v) is 14.9. The number of nitrogens with one attached hydrogen (secondary N) is 1. The van der Waals surface area contributed by atoms with Crippen molar-refractivity contribution < 1.29 is 15.0 Å². The number of aromatic nitrogens is 1. The maximum Gasteiger partial charge on any atom is 0.268 e. The number of carbonyl (C=O) groups excluding carboxylic acids is 1. The van der Waals surface area contributed by atoms with E-state index in [1.165, 1.54) is 29.5 Å². The van der Waals surface area contributed by atoms with Gasteiger partial charge in [0.25, 0.3) is 5.91 Å². The number of nitriles is 1. The van der Waals surface area contributed by atoms with Crippen molar-refractivity contribution in [1.82, 2.24) is 4.98 Å². The zero-order valence-electron chi connectivity index (χ0n) is 14.1. The summed E-state index contributed by atoms with van der Waals surface area (Å²) in [5, 5.41) is 32.9. The van der Waals surface area contributed by atoms with Crippen molar-refractivity contribution in [2.75, 3.05) is 5.32 Å². The first-order valence-electron chi connectivity index (χ1n) is 7.97. The molecule has 0 saturated heterocycles. The second kappa shape index (κ2) is 8.27. The summed E-state index contributed by atoms with van der Waals surface area (Å²) in [5.41, 5.74) is 2.40. The van der Waals surface area contributed by atoms with Crippen molar-refractivity contribution >= 4 is 28.5 Å². The van der Waals surface area contributed by atoms with E-state index in [2.05, 4.69) is 10.3 Å². The Labute approximate surface area is 159 Å². The summed E-state index contributed by atoms with van der Waals surface area (Å²) in [4.78, 5) is 16.7. The third-order valence-electron chi connectivity index (χ3n) is 3.74. The number of rotatable bonds is 5. The molecular weight excluding hydrogens is 362 g/mol. The number of hydrogen-bond donors (Lipinski definition) is 3. The molecule has 0 spiro atoms. The molecule has 1 aromatic heterocycles. The zero-order chi connectivity index (χ0) is 19.2. The summed E-state index contributed by atoms with van der Waals surface area (Å²) >= 11 is 1.27. The molecule has 2 aromatic carbocycles. The highest BCUT2D eigenvalue weighted by atomic mass is 32.1. The summed E-state index contributed by atoms with van der Waals surface area (Å²) in [6.45, 7) is -0.344. The standard InChI is InChI=1S/C20H15N3O3S/c21-10-15(8-13-6-7-18(25)16(9-13)11-24)19(26)23-20-22-17(12-27-20)14-4-2-1-3-5-14/h1-9,12,24-25H,11H2,(H,22,23,26)/b15-8+. The molecule has 0 unspecified atom stereocenters. The average molecular weight is 377 g/mol. The highest BCUT2D eigenvalue weighted by molar-refractivity contribution is 7.14. The Balaban J connectivity index is 1.78. The molecule has 3 rings (SSSR count). The third kappa shape index (κ3) is 4.39. The Bertz CT molecular complexity index is 1040. The molecule has 3 N–H and O–H groups in total. The van der Waals surface area contributed by atoms with Crippen LogP contribution in [-0.4, -0.2) is 21.1 Å². The van der Waals surface area contributed by atoms with E-state index in [0.29, 0.717) is 16.3 Å². The van der Waals surface area contributed by atoms with Gasteiger partial charge in [-0.05, 0) is 23.8 Å². The molecule has 0 atom stereocenters. The number of anilines is 1. The Morgan fingerprint density at radius 1 is 1.26 bits per heavy atom. The minimum absolute atomic E-state index is 0.0474. The lowest BCUT2D eigenvalue weighted by Crippen LogP contribution is -2.13. The van der Waals surface area contributed by atoms with Crippen LogP contribution in [0.2, 0.25) is 0 Å². The van der Waals surface area contributed by atoms with E-state index < -0.39 is 5.91 Å². The largest absolute Gasteiger partial charge is 0.508 e. The maximum absolute atomic E-state index is 12.4. The van der Waals surface area contributed by atoms with E-state index >= 15 is 0 Å². The quantitative estimate of drug-likeness (QED) is 0.466. The molecule has 7 heteroatoms. The van der Waals surface area contributed by atoms with E-state index in [4.69, 9.17) is 0 Å². The van der Waals surface area contributed by atoms with Crippen molar-refractivity contribution in [3.05, 3.63) is 70.6 Å². The fourth-order valence-corrected chi connectivity index (χ4v) is 3.09. The van der Waals surface area contributed by atoms with Crippen molar-refractivity contribution in [1.29, 1.82) is 5.26 Å². The molecule has 1 heterocycles. The van der Waals surface area contributed by atoms with Gasteiger partial charge in [0, 0.05) is 16.5 Å². The van der Waals surface area contributed by atoms with Gasteiger partial charge in [-0.2, -0.15) is 5.26 Å². The molecule has 27 heavy (non-hydrogen) atoms. The average Bonchev–Trinajstić information content (AvgIpc) is 3.16. The second-order valence-corrected chi connectivity index (χ2v) is 6.43. The Kier molecular flexibility index (Phi) is 5.61. The van der Waals surface area contributed by atoms with Crippen LogP contribution < -0.4 is 5.32 Å². The van der Waals surface area contributed by atoms with E-state index in [9.17, 15) is 20.3 Å². The molecule has 0 saturated carbocycles. The summed E-state index contributed by atoms with van der Waals surface area (Å²) in [7, 11) is 0.